The van der Waals surface area contributed by atoms with E-state index in [1.54, 1.807) is 0 Å². The van der Waals surface area contributed by atoms with Gasteiger partial charge in [-0.1, -0.05) is 5.16 Å². The number of nitrogens with one attached hydrogen (secondary N) is 1. The van der Waals surface area contributed by atoms with Crippen molar-refractivity contribution in [2.24, 2.45) is 5.16 Å². The van der Waals surface area contributed by atoms with Crippen molar-refractivity contribution in [2.45, 2.75) is 12.3 Å². The molecule has 1 aliphatic rings. The van der Waals surface area contributed by atoms with Crippen LogP contribution in [0.25, 0.3) is 0 Å². The first-order valence-electron chi connectivity index (χ1n) is 4.70. The summed E-state index contributed by atoms with van der Waals surface area (Å²) in [7, 11) is 0. The van der Waals surface area contributed by atoms with Crippen LogP contribution in [0.5, 0.6) is 0 Å². The molecule has 0 saturated carbocycles. The first kappa shape index (κ1) is 13.7. The van der Waals surface area contributed by atoms with Gasteiger partial charge in [0.1, 0.15) is 0 Å². The van der Waals surface area contributed by atoms with Gasteiger partial charge < -0.3 is 20.0 Å². The third-order valence-electron chi connectivity index (χ3n) is 1.82. The minimum Gasteiger partial charge on any atom is -0.449 e. The lowest BCUT2D eigenvalue weighted by molar-refractivity contribution is -0.208. The molecule has 0 amide bonds. The van der Waals surface area contributed by atoms with Crippen molar-refractivity contribution < 1.29 is 32.6 Å². The van der Waals surface area contributed by atoms with Crippen LogP contribution in [0.15, 0.2) is 5.16 Å². The van der Waals surface area contributed by atoms with Gasteiger partial charge in [-0.2, -0.15) is 13.2 Å². The molecule has 1 aliphatic heterocycles. The zero-order valence-corrected chi connectivity index (χ0v) is 8.66. The highest BCUT2D eigenvalue weighted by molar-refractivity contribution is 5.92. The van der Waals surface area contributed by atoms with Crippen molar-refractivity contribution in [1.29, 1.82) is 0 Å². The molecule has 1 saturated heterocycles. The SMILES string of the molecule is O=C(O[C@H](CO)CON=C1CNC1)C(F)(F)F. The molecule has 1 fully saturated rings. The number of hydrogen-bond donors (Lipinski definition) is 2. The van der Waals surface area contributed by atoms with E-state index in [2.05, 4.69) is 20.0 Å². The predicted molar refractivity (Wildman–Crippen MR) is 49.3 cm³/mol. The number of ether oxygens (including phenoxy) is 1. The number of halogens is 3. The number of nitrogens with zero attached hydrogens (tertiary/aromatic N) is 1. The average molecular weight is 256 g/mol. The number of carbonyl (C=O) groups excluding carboxylic acids is 1. The second-order valence-corrected chi connectivity index (χ2v) is 3.26. The van der Waals surface area contributed by atoms with E-state index in [9.17, 15) is 18.0 Å². The third kappa shape index (κ3) is 4.57. The summed E-state index contributed by atoms with van der Waals surface area (Å²) >= 11 is 0. The van der Waals surface area contributed by atoms with Gasteiger partial charge in [0.15, 0.2) is 12.7 Å². The first-order valence-corrected chi connectivity index (χ1v) is 4.70. The summed E-state index contributed by atoms with van der Waals surface area (Å²) in [6.07, 6.45) is -6.47. The van der Waals surface area contributed by atoms with E-state index in [0.29, 0.717) is 18.8 Å². The Morgan fingerprint density at radius 1 is 1.53 bits per heavy atom. The van der Waals surface area contributed by atoms with Crippen LogP contribution < -0.4 is 5.32 Å². The van der Waals surface area contributed by atoms with Gasteiger partial charge >= 0.3 is 12.1 Å². The molecule has 0 spiro atoms. The second kappa shape index (κ2) is 5.82. The van der Waals surface area contributed by atoms with Crippen LogP contribution in [0, 0.1) is 0 Å². The maximum absolute atomic E-state index is 11.8. The summed E-state index contributed by atoms with van der Waals surface area (Å²) in [5.41, 5.74) is 0.698. The van der Waals surface area contributed by atoms with Crippen molar-refractivity contribution in [2.75, 3.05) is 26.3 Å². The molecule has 98 valence electrons. The highest BCUT2D eigenvalue weighted by Crippen LogP contribution is 2.17. The number of esters is 1. The lowest BCUT2D eigenvalue weighted by Crippen LogP contribution is -2.43. The summed E-state index contributed by atoms with van der Waals surface area (Å²) in [6.45, 7) is -0.106. The number of alkyl halides is 3. The highest BCUT2D eigenvalue weighted by Gasteiger charge is 2.42. The highest BCUT2D eigenvalue weighted by atomic mass is 19.4. The Morgan fingerprint density at radius 2 is 2.18 bits per heavy atom. The van der Waals surface area contributed by atoms with Crippen LogP contribution in [-0.2, 0) is 14.4 Å². The fourth-order valence-corrected chi connectivity index (χ4v) is 0.855. The summed E-state index contributed by atoms with van der Waals surface area (Å²) in [5, 5.41) is 15.1. The molecule has 0 aromatic rings. The Labute approximate surface area is 94.4 Å². The van der Waals surface area contributed by atoms with Crippen molar-refractivity contribution >= 4 is 11.7 Å². The van der Waals surface area contributed by atoms with Crippen molar-refractivity contribution in [3.63, 3.8) is 0 Å². The van der Waals surface area contributed by atoms with E-state index in [1.165, 1.54) is 0 Å². The Kier molecular flexibility index (Phi) is 4.70. The summed E-state index contributed by atoms with van der Waals surface area (Å²) in [6, 6.07) is 0. The van der Waals surface area contributed by atoms with Gasteiger partial charge in [-0.15, -0.1) is 0 Å². The van der Waals surface area contributed by atoms with Gasteiger partial charge in [-0.05, 0) is 0 Å². The molecule has 17 heavy (non-hydrogen) atoms. The van der Waals surface area contributed by atoms with Crippen LogP contribution in [0.4, 0.5) is 13.2 Å². The molecule has 0 aromatic carbocycles. The Bertz CT molecular complexity index is 300. The molecule has 0 radical (unpaired) electrons. The Morgan fingerprint density at radius 3 is 2.59 bits per heavy atom. The van der Waals surface area contributed by atoms with Gasteiger partial charge in [0.25, 0.3) is 0 Å². The van der Waals surface area contributed by atoms with E-state index in [1.807, 2.05) is 0 Å². The second-order valence-electron chi connectivity index (χ2n) is 3.26. The van der Waals surface area contributed by atoms with Crippen LogP contribution in [0.2, 0.25) is 0 Å². The monoisotopic (exact) mass is 256 g/mol. The number of aliphatic hydroxyl groups is 1. The molecule has 1 atom stereocenters. The topological polar surface area (TPSA) is 80.2 Å². The predicted octanol–water partition coefficient (Wildman–Crippen LogP) is -0.571. The van der Waals surface area contributed by atoms with E-state index in [-0.39, 0.29) is 0 Å². The lowest BCUT2D eigenvalue weighted by Gasteiger charge is -2.18. The van der Waals surface area contributed by atoms with Crippen LogP contribution in [-0.4, -0.2) is 55.4 Å². The molecule has 2 N–H and O–H groups in total. The molecule has 1 rings (SSSR count). The summed E-state index contributed by atoms with van der Waals surface area (Å²) in [5.74, 6) is -2.36. The van der Waals surface area contributed by atoms with Gasteiger partial charge in [-0.3, -0.25) is 0 Å². The van der Waals surface area contributed by atoms with Gasteiger partial charge in [-0.25, -0.2) is 4.79 Å². The van der Waals surface area contributed by atoms with E-state index in [0.717, 1.165) is 0 Å². The molecule has 1 heterocycles. The summed E-state index contributed by atoms with van der Waals surface area (Å²) < 4.78 is 39.5. The molecule has 9 heteroatoms. The first-order chi connectivity index (χ1) is 7.93. The van der Waals surface area contributed by atoms with Gasteiger partial charge in [0.2, 0.25) is 0 Å². The van der Waals surface area contributed by atoms with Gasteiger partial charge in [0, 0.05) is 13.1 Å². The molecule has 0 bridgehead atoms. The number of oxime groups is 1. The third-order valence-corrected chi connectivity index (χ3v) is 1.82. The molecular formula is C8H11F3N2O4. The molecule has 0 aliphatic carbocycles. The zero-order chi connectivity index (χ0) is 12.9. The molecule has 0 aromatic heterocycles. The van der Waals surface area contributed by atoms with E-state index in [4.69, 9.17) is 5.11 Å². The van der Waals surface area contributed by atoms with Crippen LogP contribution in [0.1, 0.15) is 0 Å². The fourth-order valence-electron chi connectivity index (χ4n) is 0.855. The largest absolute Gasteiger partial charge is 0.490 e. The average Bonchev–Trinajstić information content (AvgIpc) is 2.18. The number of hydrogen-bond acceptors (Lipinski definition) is 6. The van der Waals surface area contributed by atoms with Crippen molar-refractivity contribution in [3.8, 4) is 0 Å². The minimum absolute atomic E-state index is 0.429. The quantitative estimate of drug-likeness (QED) is 0.508. The normalized spacial score (nSPS) is 17.1. The maximum Gasteiger partial charge on any atom is 0.490 e. The van der Waals surface area contributed by atoms with E-state index >= 15 is 0 Å². The zero-order valence-electron chi connectivity index (χ0n) is 8.66. The van der Waals surface area contributed by atoms with E-state index < -0.39 is 31.5 Å². The number of carbonyl (C=O) groups is 1. The molecule has 0 unspecified atom stereocenters. The lowest BCUT2D eigenvalue weighted by atomic mass is 10.2. The van der Waals surface area contributed by atoms with Crippen molar-refractivity contribution in [1.82, 2.24) is 5.32 Å². The Hall–Kier alpha value is -1.35. The standard InChI is InChI=1S/C8H11F3N2O4/c9-8(10,11)7(15)17-6(3-14)4-16-13-5-1-12-2-5/h6,12,14H,1-4H2/t6-/m1/s1. The Balaban J connectivity index is 2.30. The van der Waals surface area contributed by atoms with Crippen molar-refractivity contribution in [3.05, 3.63) is 0 Å². The van der Waals surface area contributed by atoms with Crippen LogP contribution >= 0.6 is 0 Å². The molecule has 6 nitrogen and oxygen atoms in total. The van der Waals surface area contributed by atoms with Crippen LogP contribution in [0.3, 0.4) is 0 Å². The summed E-state index contributed by atoms with van der Waals surface area (Å²) in [4.78, 5) is 15.1. The minimum atomic E-state index is -5.09. The molecular weight excluding hydrogens is 245 g/mol. The smallest absolute Gasteiger partial charge is 0.449 e. The fraction of sp³-hybridized carbons (Fsp3) is 0.750. The maximum atomic E-state index is 11.8. The van der Waals surface area contributed by atoms with Gasteiger partial charge in [0.05, 0.1) is 12.3 Å². The number of aliphatic hydroxyl groups excluding tert-OH is 1. The number of rotatable bonds is 5.